The molecule has 0 saturated carbocycles. The Hall–Kier alpha value is -2.59. The number of halogens is 3. The summed E-state index contributed by atoms with van der Waals surface area (Å²) < 4.78 is 72.5. The molecule has 0 spiro atoms. The van der Waals surface area contributed by atoms with Crippen molar-refractivity contribution in [1.29, 1.82) is 0 Å². The van der Waals surface area contributed by atoms with Gasteiger partial charge in [0.25, 0.3) is 0 Å². The third-order valence-electron chi connectivity index (χ3n) is 4.49. The Morgan fingerprint density at radius 1 is 1.03 bits per heavy atom. The maximum atomic E-state index is 13.0. The number of ether oxygens (including phenoxy) is 1. The van der Waals surface area contributed by atoms with E-state index in [-0.39, 0.29) is 12.0 Å². The minimum absolute atomic E-state index is 0.0570. The van der Waals surface area contributed by atoms with Crippen molar-refractivity contribution < 1.29 is 40.4 Å². The molecule has 0 bridgehead atoms. The van der Waals surface area contributed by atoms with Gasteiger partial charge in [0, 0.05) is 12.0 Å². The summed E-state index contributed by atoms with van der Waals surface area (Å²) in [6.07, 6.45) is -1.54. The minimum atomic E-state index is -5.94. The van der Waals surface area contributed by atoms with Gasteiger partial charge in [-0.2, -0.15) is 21.6 Å². The molecule has 2 rings (SSSR count). The van der Waals surface area contributed by atoms with Crippen LogP contribution in [0.1, 0.15) is 37.5 Å². The number of hydrogen-bond donors (Lipinski definition) is 1. The highest BCUT2D eigenvalue weighted by Gasteiger charge is 2.49. The van der Waals surface area contributed by atoms with E-state index < -0.39 is 39.1 Å². The van der Waals surface area contributed by atoms with E-state index in [4.69, 9.17) is 4.74 Å². The van der Waals surface area contributed by atoms with Gasteiger partial charge in [0.15, 0.2) is 11.9 Å². The summed E-state index contributed by atoms with van der Waals surface area (Å²) in [6.45, 7) is 8.47. The van der Waals surface area contributed by atoms with Crippen LogP contribution in [-0.2, 0) is 26.1 Å². The van der Waals surface area contributed by atoms with Crippen LogP contribution in [0.5, 0.6) is 5.75 Å². The molecule has 2 aromatic carbocycles. The number of carbonyl (C=O) groups is 1. The number of aryl methyl sites for hydroxylation is 2. The van der Waals surface area contributed by atoms with E-state index in [1.807, 2.05) is 6.92 Å². The van der Waals surface area contributed by atoms with Crippen molar-refractivity contribution >= 4 is 16.1 Å². The van der Waals surface area contributed by atoms with Gasteiger partial charge in [-0.25, -0.2) is 4.79 Å². The standard InChI is InChI=1S/C22H25F3O6S/c1-13-6-9-15(10-7-13)19-16(12-18(20(26)27)30-21(3,4)5)14(2)8-11-17(19)31-32(28,29)22(23,24)25/h6-11,18H,12H2,1-5H3,(H,26,27). The summed E-state index contributed by atoms with van der Waals surface area (Å²) >= 11 is 0. The van der Waals surface area contributed by atoms with E-state index in [2.05, 4.69) is 4.18 Å². The number of hydrogen-bond acceptors (Lipinski definition) is 5. The Morgan fingerprint density at radius 2 is 1.59 bits per heavy atom. The molecule has 0 aliphatic carbocycles. The number of benzene rings is 2. The normalized spacial score (nSPS) is 13.6. The second kappa shape index (κ2) is 9.11. The van der Waals surface area contributed by atoms with Crippen LogP contribution in [-0.4, -0.2) is 36.7 Å². The lowest BCUT2D eigenvalue weighted by Crippen LogP contribution is -2.35. The minimum Gasteiger partial charge on any atom is -0.479 e. The van der Waals surface area contributed by atoms with Crippen LogP contribution in [0.15, 0.2) is 36.4 Å². The first-order chi connectivity index (χ1) is 14.5. The van der Waals surface area contributed by atoms with Crippen LogP contribution in [0, 0.1) is 13.8 Å². The van der Waals surface area contributed by atoms with Crippen molar-refractivity contribution in [2.45, 2.75) is 58.3 Å². The molecule has 1 atom stereocenters. The Bertz CT molecular complexity index is 1080. The van der Waals surface area contributed by atoms with Crippen LogP contribution in [0.3, 0.4) is 0 Å². The zero-order valence-electron chi connectivity index (χ0n) is 18.3. The van der Waals surface area contributed by atoms with Gasteiger partial charge in [-0.3, -0.25) is 0 Å². The predicted molar refractivity (Wildman–Crippen MR) is 113 cm³/mol. The van der Waals surface area contributed by atoms with Gasteiger partial charge >= 0.3 is 21.6 Å². The summed E-state index contributed by atoms with van der Waals surface area (Å²) in [7, 11) is -5.94. The molecule has 0 aliphatic rings. The Kier molecular flexibility index (Phi) is 7.31. The van der Waals surface area contributed by atoms with Gasteiger partial charge in [-0.15, -0.1) is 0 Å². The highest BCUT2D eigenvalue weighted by Crippen LogP contribution is 2.39. The molecule has 1 N–H and O–H groups in total. The molecule has 2 aromatic rings. The summed E-state index contributed by atoms with van der Waals surface area (Å²) in [4.78, 5) is 11.8. The molecule has 0 radical (unpaired) electrons. The number of rotatable bonds is 7. The van der Waals surface area contributed by atoms with Gasteiger partial charge in [-0.05, 0) is 57.4 Å². The molecule has 0 heterocycles. The van der Waals surface area contributed by atoms with Crippen LogP contribution < -0.4 is 4.18 Å². The van der Waals surface area contributed by atoms with Gasteiger partial charge in [0.2, 0.25) is 0 Å². The van der Waals surface area contributed by atoms with Crippen LogP contribution >= 0.6 is 0 Å². The lowest BCUT2D eigenvalue weighted by Gasteiger charge is -2.27. The molecule has 0 fully saturated rings. The summed E-state index contributed by atoms with van der Waals surface area (Å²) in [5, 5.41) is 9.65. The highest BCUT2D eigenvalue weighted by atomic mass is 32.2. The number of carboxylic acid groups (broad SMARTS) is 1. The Balaban J connectivity index is 2.72. The summed E-state index contributed by atoms with van der Waals surface area (Å²) in [6, 6.07) is 9.09. The fraction of sp³-hybridized carbons (Fsp3) is 0.409. The van der Waals surface area contributed by atoms with E-state index >= 15 is 0 Å². The quantitative estimate of drug-likeness (QED) is 0.448. The van der Waals surface area contributed by atoms with Crippen molar-refractivity contribution in [2.75, 3.05) is 0 Å². The molecule has 6 nitrogen and oxygen atoms in total. The van der Waals surface area contributed by atoms with Crippen molar-refractivity contribution in [3.05, 3.63) is 53.1 Å². The molecule has 0 aliphatic heterocycles. The number of carboxylic acids is 1. The average molecular weight is 474 g/mol. The first-order valence-corrected chi connectivity index (χ1v) is 11.0. The Labute approximate surface area is 185 Å². The van der Waals surface area contributed by atoms with E-state index in [0.717, 1.165) is 11.6 Å². The lowest BCUT2D eigenvalue weighted by molar-refractivity contribution is -0.159. The Morgan fingerprint density at radius 3 is 2.06 bits per heavy atom. The average Bonchev–Trinajstić information content (AvgIpc) is 2.62. The molecular weight excluding hydrogens is 449 g/mol. The molecule has 0 aromatic heterocycles. The smallest absolute Gasteiger partial charge is 0.479 e. The fourth-order valence-corrected chi connectivity index (χ4v) is 3.53. The van der Waals surface area contributed by atoms with E-state index in [0.29, 0.717) is 16.7 Å². The highest BCUT2D eigenvalue weighted by molar-refractivity contribution is 7.88. The topological polar surface area (TPSA) is 89.9 Å². The first-order valence-electron chi connectivity index (χ1n) is 9.63. The van der Waals surface area contributed by atoms with E-state index in [9.17, 15) is 31.5 Å². The summed E-state index contributed by atoms with van der Waals surface area (Å²) in [5.41, 5.74) is -4.28. The molecule has 0 saturated heterocycles. The lowest BCUT2D eigenvalue weighted by atomic mass is 9.91. The van der Waals surface area contributed by atoms with Crippen molar-refractivity contribution in [3.8, 4) is 16.9 Å². The van der Waals surface area contributed by atoms with Gasteiger partial charge in [0.05, 0.1) is 5.60 Å². The largest absolute Gasteiger partial charge is 0.534 e. The van der Waals surface area contributed by atoms with Crippen molar-refractivity contribution in [3.63, 3.8) is 0 Å². The maximum absolute atomic E-state index is 13.0. The van der Waals surface area contributed by atoms with Crippen LogP contribution in [0.25, 0.3) is 11.1 Å². The number of aliphatic carboxylic acids is 1. The first kappa shape index (κ1) is 25.7. The third kappa shape index (κ3) is 6.23. The van der Waals surface area contributed by atoms with Crippen LogP contribution in [0.2, 0.25) is 0 Å². The number of alkyl halides is 3. The second-order valence-electron chi connectivity index (χ2n) is 8.34. The maximum Gasteiger partial charge on any atom is 0.534 e. The van der Waals surface area contributed by atoms with Gasteiger partial charge in [0.1, 0.15) is 0 Å². The molecule has 176 valence electrons. The van der Waals surface area contributed by atoms with Gasteiger partial charge < -0.3 is 14.0 Å². The zero-order chi connectivity index (χ0) is 24.5. The molecule has 10 heteroatoms. The molecule has 0 amide bonds. The monoisotopic (exact) mass is 474 g/mol. The second-order valence-corrected chi connectivity index (χ2v) is 9.88. The molecule has 1 unspecified atom stereocenters. The van der Waals surface area contributed by atoms with Crippen molar-refractivity contribution in [1.82, 2.24) is 0 Å². The fourth-order valence-electron chi connectivity index (χ4n) is 3.06. The van der Waals surface area contributed by atoms with Crippen LogP contribution in [0.4, 0.5) is 13.2 Å². The SMILES string of the molecule is Cc1ccc(-c2c(OS(=O)(=O)C(F)(F)F)ccc(C)c2CC(OC(C)(C)C)C(=O)O)cc1. The van der Waals surface area contributed by atoms with E-state index in [1.54, 1.807) is 52.0 Å². The zero-order valence-corrected chi connectivity index (χ0v) is 19.1. The van der Waals surface area contributed by atoms with E-state index in [1.165, 1.54) is 6.07 Å². The van der Waals surface area contributed by atoms with Crippen molar-refractivity contribution in [2.24, 2.45) is 0 Å². The summed E-state index contributed by atoms with van der Waals surface area (Å²) in [5.74, 6) is -1.81. The van der Waals surface area contributed by atoms with Gasteiger partial charge in [-0.1, -0.05) is 35.9 Å². The molecular formula is C22H25F3O6S. The predicted octanol–water partition coefficient (Wildman–Crippen LogP) is 5.01. The molecule has 32 heavy (non-hydrogen) atoms. The third-order valence-corrected chi connectivity index (χ3v) is 5.46.